The number of carbonyl (C=O) groups is 1. The van der Waals surface area contributed by atoms with Crippen LogP contribution in [0.1, 0.15) is 22.8 Å². The fourth-order valence-corrected chi connectivity index (χ4v) is 1.68. The van der Waals surface area contributed by atoms with E-state index in [2.05, 4.69) is 0 Å². The van der Waals surface area contributed by atoms with Crippen LogP contribution in [0.4, 0.5) is 4.39 Å². The Labute approximate surface area is 116 Å². The predicted octanol–water partition coefficient (Wildman–Crippen LogP) is 3.35. The maximum Gasteiger partial charge on any atom is 0.193 e. The highest BCUT2D eigenvalue weighted by Crippen LogP contribution is 2.16. The van der Waals surface area contributed by atoms with Gasteiger partial charge in [0.2, 0.25) is 0 Å². The summed E-state index contributed by atoms with van der Waals surface area (Å²) in [7, 11) is 0. The number of ketones is 1. The third-order valence-electron chi connectivity index (χ3n) is 2.72. The van der Waals surface area contributed by atoms with Gasteiger partial charge < -0.3 is 4.74 Å². The van der Waals surface area contributed by atoms with Crippen LogP contribution in [-0.4, -0.2) is 11.9 Å². The molecule has 2 rings (SSSR count). The third kappa shape index (κ3) is 3.21. The summed E-state index contributed by atoms with van der Waals surface area (Å²) in [5.74, 6) is -0.0459. The Morgan fingerprint density at radius 2 is 1.60 bits per heavy atom. The highest BCUT2D eigenvalue weighted by atomic mass is 19.1. The van der Waals surface area contributed by atoms with Crippen LogP contribution in [-0.2, 0) is 0 Å². The smallest absolute Gasteiger partial charge is 0.193 e. The number of hydrogen-bond acceptors (Lipinski definition) is 3. The molecule has 3 nitrogen and oxygen atoms in total. The first kappa shape index (κ1) is 13.8. The van der Waals surface area contributed by atoms with Gasteiger partial charge in [0.15, 0.2) is 11.9 Å². The fourth-order valence-electron chi connectivity index (χ4n) is 1.68. The van der Waals surface area contributed by atoms with E-state index in [0.29, 0.717) is 16.9 Å². The molecule has 0 N–H and O–H groups in total. The number of hydrogen-bond donors (Lipinski definition) is 0. The SMILES string of the molecule is C[C@H](C#N)Oc1ccc(C(=O)c2ccc(F)cc2)cc1. The van der Waals surface area contributed by atoms with Gasteiger partial charge in [-0.15, -0.1) is 0 Å². The summed E-state index contributed by atoms with van der Waals surface area (Å²) in [4.78, 5) is 12.1. The average Bonchev–Trinajstić information content (AvgIpc) is 2.48. The van der Waals surface area contributed by atoms with E-state index in [1.54, 1.807) is 31.2 Å². The van der Waals surface area contributed by atoms with Crippen molar-refractivity contribution in [2.45, 2.75) is 13.0 Å². The number of carbonyl (C=O) groups excluding carboxylic acids is 1. The summed E-state index contributed by atoms with van der Waals surface area (Å²) in [6, 6.07) is 13.8. The predicted molar refractivity (Wildman–Crippen MR) is 72.0 cm³/mol. The number of nitrogens with zero attached hydrogens (tertiary/aromatic N) is 1. The van der Waals surface area contributed by atoms with Crippen molar-refractivity contribution in [1.29, 1.82) is 5.26 Å². The molecule has 0 aliphatic carbocycles. The van der Waals surface area contributed by atoms with Gasteiger partial charge in [-0.05, 0) is 55.5 Å². The topological polar surface area (TPSA) is 50.1 Å². The van der Waals surface area contributed by atoms with E-state index in [0.717, 1.165) is 0 Å². The lowest BCUT2D eigenvalue weighted by Gasteiger charge is -2.08. The Balaban J connectivity index is 2.15. The molecular formula is C16H12FNO2. The maximum atomic E-state index is 12.8. The van der Waals surface area contributed by atoms with Crippen molar-refractivity contribution in [1.82, 2.24) is 0 Å². The molecule has 0 saturated carbocycles. The van der Waals surface area contributed by atoms with E-state index in [4.69, 9.17) is 10.00 Å². The highest BCUT2D eigenvalue weighted by molar-refractivity contribution is 6.08. The number of benzene rings is 2. The van der Waals surface area contributed by atoms with Crippen LogP contribution in [0.2, 0.25) is 0 Å². The molecule has 1 atom stereocenters. The molecular weight excluding hydrogens is 257 g/mol. The first-order valence-corrected chi connectivity index (χ1v) is 6.07. The normalized spacial score (nSPS) is 11.4. The van der Waals surface area contributed by atoms with Gasteiger partial charge in [0, 0.05) is 11.1 Å². The quantitative estimate of drug-likeness (QED) is 0.800. The molecule has 100 valence electrons. The van der Waals surface area contributed by atoms with Gasteiger partial charge in [-0.1, -0.05) is 0 Å². The third-order valence-corrected chi connectivity index (χ3v) is 2.72. The zero-order valence-electron chi connectivity index (χ0n) is 10.8. The lowest BCUT2D eigenvalue weighted by atomic mass is 10.0. The number of rotatable bonds is 4. The van der Waals surface area contributed by atoms with Gasteiger partial charge in [0.25, 0.3) is 0 Å². The van der Waals surface area contributed by atoms with Crippen LogP contribution >= 0.6 is 0 Å². The zero-order valence-corrected chi connectivity index (χ0v) is 10.8. The number of nitriles is 1. The first-order chi connectivity index (χ1) is 9.60. The van der Waals surface area contributed by atoms with Gasteiger partial charge in [0.05, 0.1) is 0 Å². The molecule has 0 saturated heterocycles. The minimum Gasteiger partial charge on any atom is -0.476 e. The van der Waals surface area contributed by atoms with Crippen molar-refractivity contribution in [3.05, 3.63) is 65.5 Å². The van der Waals surface area contributed by atoms with E-state index in [1.807, 2.05) is 6.07 Å². The van der Waals surface area contributed by atoms with Crippen molar-refractivity contribution in [3.8, 4) is 11.8 Å². The number of ether oxygens (including phenoxy) is 1. The molecule has 0 heterocycles. The Hall–Kier alpha value is -2.67. The maximum absolute atomic E-state index is 12.8. The molecule has 0 fully saturated rings. The number of halogens is 1. The Morgan fingerprint density at radius 1 is 1.10 bits per heavy atom. The zero-order chi connectivity index (χ0) is 14.5. The monoisotopic (exact) mass is 269 g/mol. The summed E-state index contributed by atoms with van der Waals surface area (Å²) >= 11 is 0. The van der Waals surface area contributed by atoms with Crippen molar-refractivity contribution in [2.75, 3.05) is 0 Å². The molecule has 4 heteroatoms. The lowest BCUT2D eigenvalue weighted by Crippen LogP contribution is -2.08. The Bertz CT molecular complexity index is 642. The average molecular weight is 269 g/mol. The summed E-state index contributed by atoms with van der Waals surface area (Å²) in [6.45, 7) is 1.64. The summed E-state index contributed by atoms with van der Waals surface area (Å²) in [5.41, 5.74) is 0.902. The molecule has 0 aromatic heterocycles. The second-order valence-corrected chi connectivity index (χ2v) is 4.25. The first-order valence-electron chi connectivity index (χ1n) is 6.07. The standard InChI is InChI=1S/C16H12FNO2/c1-11(10-18)20-15-8-4-13(5-9-15)16(19)12-2-6-14(17)7-3-12/h2-9,11H,1H3/t11-/m1/s1. The summed E-state index contributed by atoms with van der Waals surface area (Å²) < 4.78 is 18.1. The van der Waals surface area contributed by atoms with Crippen LogP contribution in [0.15, 0.2) is 48.5 Å². The van der Waals surface area contributed by atoms with Crippen molar-refractivity contribution in [2.24, 2.45) is 0 Å². The molecule has 0 unspecified atom stereocenters. The second-order valence-electron chi connectivity index (χ2n) is 4.25. The van der Waals surface area contributed by atoms with E-state index in [-0.39, 0.29) is 11.6 Å². The second kappa shape index (κ2) is 5.98. The lowest BCUT2D eigenvalue weighted by molar-refractivity contribution is 0.103. The van der Waals surface area contributed by atoms with Crippen molar-refractivity contribution in [3.63, 3.8) is 0 Å². The minimum absolute atomic E-state index is 0.190. The molecule has 0 aliphatic rings. The molecule has 0 radical (unpaired) electrons. The largest absolute Gasteiger partial charge is 0.476 e. The van der Waals surface area contributed by atoms with Crippen molar-refractivity contribution >= 4 is 5.78 Å². The molecule has 2 aromatic rings. The van der Waals surface area contributed by atoms with E-state index in [9.17, 15) is 9.18 Å². The summed E-state index contributed by atoms with van der Waals surface area (Å²) in [5, 5.41) is 8.65. The Morgan fingerprint density at radius 3 is 2.10 bits per heavy atom. The van der Waals surface area contributed by atoms with Crippen molar-refractivity contribution < 1.29 is 13.9 Å². The fraction of sp³-hybridized carbons (Fsp3) is 0.125. The van der Waals surface area contributed by atoms with Crippen LogP contribution in [0.5, 0.6) is 5.75 Å². The highest BCUT2D eigenvalue weighted by Gasteiger charge is 2.09. The molecule has 0 amide bonds. The van der Waals surface area contributed by atoms with Crippen LogP contribution in [0.25, 0.3) is 0 Å². The van der Waals surface area contributed by atoms with Gasteiger partial charge in [-0.2, -0.15) is 5.26 Å². The van der Waals surface area contributed by atoms with Crippen LogP contribution in [0.3, 0.4) is 0 Å². The minimum atomic E-state index is -0.548. The van der Waals surface area contributed by atoms with E-state index >= 15 is 0 Å². The molecule has 20 heavy (non-hydrogen) atoms. The molecule has 0 spiro atoms. The van der Waals surface area contributed by atoms with E-state index in [1.165, 1.54) is 24.3 Å². The Kier molecular flexibility index (Phi) is 4.11. The van der Waals surface area contributed by atoms with Gasteiger partial charge in [0.1, 0.15) is 17.6 Å². The summed E-state index contributed by atoms with van der Waals surface area (Å²) in [6.07, 6.45) is -0.548. The van der Waals surface area contributed by atoms with Gasteiger partial charge in [-0.3, -0.25) is 4.79 Å². The molecule has 0 bridgehead atoms. The molecule has 2 aromatic carbocycles. The van der Waals surface area contributed by atoms with Crippen LogP contribution < -0.4 is 4.74 Å². The van der Waals surface area contributed by atoms with Crippen LogP contribution in [0, 0.1) is 17.1 Å². The van der Waals surface area contributed by atoms with Gasteiger partial charge in [-0.25, -0.2) is 4.39 Å². The van der Waals surface area contributed by atoms with Gasteiger partial charge >= 0.3 is 0 Å². The molecule has 0 aliphatic heterocycles. The van der Waals surface area contributed by atoms with E-state index < -0.39 is 6.10 Å².